The molecular formula is C15H21FN2. The van der Waals surface area contributed by atoms with Gasteiger partial charge in [-0.15, -0.1) is 0 Å². The number of halogens is 1. The average molecular weight is 248 g/mol. The van der Waals surface area contributed by atoms with Crippen molar-refractivity contribution in [1.29, 1.82) is 0 Å². The van der Waals surface area contributed by atoms with E-state index in [2.05, 4.69) is 41.2 Å². The van der Waals surface area contributed by atoms with Gasteiger partial charge >= 0.3 is 0 Å². The molecule has 0 spiro atoms. The molecule has 0 aliphatic carbocycles. The number of rotatable bonds is 5. The summed E-state index contributed by atoms with van der Waals surface area (Å²) in [6.07, 6.45) is 2.09. The van der Waals surface area contributed by atoms with E-state index in [4.69, 9.17) is 0 Å². The largest absolute Gasteiger partial charge is 0.346 e. The maximum Gasteiger partial charge on any atom is 0.117 e. The van der Waals surface area contributed by atoms with E-state index in [9.17, 15) is 4.39 Å². The van der Waals surface area contributed by atoms with Gasteiger partial charge in [-0.3, -0.25) is 0 Å². The van der Waals surface area contributed by atoms with E-state index in [0.29, 0.717) is 6.54 Å². The van der Waals surface area contributed by atoms with Crippen molar-refractivity contribution in [2.24, 2.45) is 0 Å². The van der Waals surface area contributed by atoms with E-state index < -0.39 is 5.67 Å². The van der Waals surface area contributed by atoms with Crippen molar-refractivity contribution in [3.05, 3.63) is 36.5 Å². The first-order valence-electron chi connectivity index (χ1n) is 6.42. The zero-order valence-electron chi connectivity index (χ0n) is 11.3. The van der Waals surface area contributed by atoms with Crippen molar-refractivity contribution in [2.45, 2.75) is 39.0 Å². The van der Waals surface area contributed by atoms with Gasteiger partial charge in [0.05, 0.1) is 0 Å². The number of aromatic nitrogens is 1. The molecule has 0 aliphatic rings. The number of hydrogen-bond donors (Lipinski definition) is 1. The summed E-state index contributed by atoms with van der Waals surface area (Å²) in [4.78, 5) is 0. The molecule has 1 heterocycles. The van der Waals surface area contributed by atoms with Crippen molar-refractivity contribution >= 4 is 10.9 Å². The van der Waals surface area contributed by atoms with Gasteiger partial charge in [0, 0.05) is 30.8 Å². The summed E-state index contributed by atoms with van der Waals surface area (Å²) in [7, 11) is 0. The summed E-state index contributed by atoms with van der Waals surface area (Å²) in [6, 6.07) is 10.7. The fourth-order valence-electron chi connectivity index (χ4n) is 2.08. The number of nitrogens with zero attached hydrogens (tertiary/aromatic N) is 1. The highest BCUT2D eigenvalue weighted by Crippen LogP contribution is 2.15. The molecule has 0 saturated carbocycles. The maximum atomic E-state index is 13.4. The van der Waals surface area contributed by atoms with Gasteiger partial charge in [-0.2, -0.15) is 0 Å². The second-order valence-corrected chi connectivity index (χ2v) is 5.53. The summed E-state index contributed by atoms with van der Waals surface area (Å²) < 4.78 is 15.6. The van der Waals surface area contributed by atoms with E-state index in [1.807, 2.05) is 12.1 Å². The first-order chi connectivity index (χ1) is 8.46. The lowest BCUT2D eigenvalue weighted by molar-refractivity contribution is 0.202. The van der Waals surface area contributed by atoms with Crippen LogP contribution in [0.25, 0.3) is 10.9 Å². The molecule has 1 aromatic heterocycles. The predicted molar refractivity (Wildman–Crippen MR) is 74.6 cm³/mol. The third-order valence-corrected chi connectivity index (χ3v) is 3.02. The molecule has 0 amide bonds. The Morgan fingerprint density at radius 2 is 2.00 bits per heavy atom. The van der Waals surface area contributed by atoms with E-state index >= 15 is 0 Å². The Bertz CT molecular complexity index is 510. The van der Waals surface area contributed by atoms with Crippen LogP contribution in [0.15, 0.2) is 36.5 Å². The first-order valence-corrected chi connectivity index (χ1v) is 6.42. The first kappa shape index (κ1) is 13.1. The monoisotopic (exact) mass is 248 g/mol. The zero-order chi connectivity index (χ0) is 13.2. The van der Waals surface area contributed by atoms with Crippen LogP contribution in [0.5, 0.6) is 0 Å². The number of nitrogens with one attached hydrogen (secondary N) is 1. The highest BCUT2D eigenvalue weighted by Gasteiger charge is 2.16. The highest BCUT2D eigenvalue weighted by molar-refractivity contribution is 5.79. The van der Waals surface area contributed by atoms with Crippen LogP contribution >= 0.6 is 0 Å². The van der Waals surface area contributed by atoms with Crippen LogP contribution in [-0.4, -0.2) is 22.8 Å². The second kappa shape index (κ2) is 5.11. The average Bonchev–Trinajstić information content (AvgIpc) is 2.70. The Balaban J connectivity index is 2.01. The fraction of sp³-hybridized carbons (Fsp3) is 0.467. The van der Waals surface area contributed by atoms with Crippen molar-refractivity contribution in [1.82, 2.24) is 9.88 Å². The lowest BCUT2D eigenvalue weighted by Gasteiger charge is -2.20. The van der Waals surface area contributed by atoms with E-state index in [1.54, 1.807) is 13.8 Å². The van der Waals surface area contributed by atoms with Crippen LogP contribution in [0.1, 0.15) is 20.8 Å². The number of para-hydroxylation sites is 1. The van der Waals surface area contributed by atoms with Crippen LogP contribution in [0, 0.1) is 0 Å². The van der Waals surface area contributed by atoms with Crippen LogP contribution in [-0.2, 0) is 6.54 Å². The van der Waals surface area contributed by atoms with Gasteiger partial charge in [-0.05, 0) is 38.3 Å². The fourth-order valence-corrected chi connectivity index (χ4v) is 2.08. The summed E-state index contributed by atoms with van der Waals surface area (Å²) in [5, 5.41) is 4.48. The van der Waals surface area contributed by atoms with Gasteiger partial charge in [-0.25, -0.2) is 4.39 Å². The molecule has 0 radical (unpaired) electrons. The van der Waals surface area contributed by atoms with Gasteiger partial charge in [0.1, 0.15) is 5.67 Å². The van der Waals surface area contributed by atoms with Crippen LogP contribution in [0.4, 0.5) is 4.39 Å². The third-order valence-electron chi connectivity index (χ3n) is 3.02. The number of fused-ring (bicyclic) bond motifs is 1. The van der Waals surface area contributed by atoms with Crippen molar-refractivity contribution < 1.29 is 4.39 Å². The molecule has 1 N–H and O–H groups in total. The molecule has 1 unspecified atom stereocenters. The molecule has 2 aromatic rings. The minimum atomic E-state index is -1.16. The van der Waals surface area contributed by atoms with Crippen LogP contribution in [0.3, 0.4) is 0 Å². The molecule has 3 heteroatoms. The SMILES string of the molecule is CC(Cn1ccc2ccccc21)NCC(C)(C)F. The summed E-state index contributed by atoms with van der Waals surface area (Å²) in [5.41, 5.74) is 0.0678. The maximum absolute atomic E-state index is 13.4. The zero-order valence-corrected chi connectivity index (χ0v) is 11.3. The van der Waals surface area contributed by atoms with Crippen LogP contribution < -0.4 is 5.32 Å². The summed E-state index contributed by atoms with van der Waals surface area (Å²) in [5.74, 6) is 0. The molecule has 2 rings (SSSR count). The minimum Gasteiger partial charge on any atom is -0.346 e. The van der Waals surface area contributed by atoms with Crippen LogP contribution in [0.2, 0.25) is 0 Å². The minimum absolute atomic E-state index is 0.246. The Morgan fingerprint density at radius 1 is 1.28 bits per heavy atom. The van der Waals surface area contributed by atoms with Gasteiger partial charge in [0.15, 0.2) is 0 Å². The molecule has 18 heavy (non-hydrogen) atoms. The standard InChI is InChI=1S/C15H21FN2/c1-12(17-11-15(2,3)16)10-18-9-8-13-6-4-5-7-14(13)18/h4-9,12,17H,10-11H2,1-3H3. The number of alkyl halides is 1. The lowest BCUT2D eigenvalue weighted by atomic mass is 10.1. The predicted octanol–water partition coefficient (Wildman–Crippen LogP) is 3.37. The van der Waals surface area contributed by atoms with E-state index in [-0.39, 0.29) is 6.04 Å². The molecule has 98 valence electrons. The van der Waals surface area contributed by atoms with Gasteiger partial charge in [-0.1, -0.05) is 18.2 Å². The molecule has 0 bridgehead atoms. The number of hydrogen-bond acceptors (Lipinski definition) is 1. The van der Waals surface area contributed by atoms with Crippen molar-refractivity contribution in [3.8, 4) is 0 Å². The Labute approximate surface area is 108 Å². The van der Waals surface area contributed by atoms with E-state index in [1.165, 1.54) is 10.9 Å². The Hall–Kier alpha value is -1.35. The van der Waals surface area contributed by atoms with E-state index in [0.717, 1.165) is 6.54 Å². The molecule has 0 fully saturated rings. The third kappa shape index (κ3) is 3.33. The smallest absolute Gasteiger partial charge is 0.117 e. The highest BCUT2D eigenvalue weighted by atomic mass is 19.1. The molecule has 2 nitrogen and oxygen atoms in total. The lowest BCUT2D eigenvalue weighted by Crippen LogP contribution is -2.38. The van der Waals surface area contributed by atoms with Gasteiger partial charge < -0.3 is 9.88 Å². The molecular weight excluding hydrogens is 227 g/mol. The van der Waals surface area contributed by atoms with Crippen molar-refractivity contribution in [2.75, 3.05) is 6.54 Å². The molecule has 0 saturated heterocycles. The topological polar surface area (TPSA) is 17.0 Å². The summed E-state index contributed by atoms with van der Waals surface area (Å²) in [6.45, 7) is 6.51. The van der Waals surface area contributed by atoms with Crippen molar-refractivity contribution in [3.63, 3.8) is 0 Å². The Kier molecular flexibility index (Phi) is 3.71. The molecule has 1 atom stereocenters. The summed E-state index contributed by atoms with van der Waals surface area (Å²) >= 11 is 0. The van der Waals surface area contributed by atoms with Gasteiger partial charge in [0.2, 0.25) is 0 Å². The quantitative estimate of drug-likeness (QED) is 0.858. The Morgan fingerprint density at radius 3 is 2.72 bits per heavy atom. The molecule has 0 aliphatic heterocycles. The van der Waals surface area contributed by atoms with Gasteiger partial charge in [0.25, 0.3) is 0 Å². The number of benzene rings is 1. The second-order valence-electron chi connectivity index (χ2n) is 5.53. The normalized spacial score (nSPS) is 14.0. The molecule has 1 aromatic carbocycles.